The molecule has 0 bridgehead atoms. The Hall–Kier alpha value is -2.41. The van der Waals surface area contributed by atoms with Crippen LogP contribution >= 0.6 is 15.9 Å². The maximum Gasteiger partial charge on any atom is 0.341 e. The van der Waals surface area contributed by atoms with E-state index in [1.807, 2.05) is 0 Å². The molecule has 0 aliphatic rings. The Balaban J connectivity index is 2.02. The molecule has 2 rings (SSSR count). The van der Waals surface area contributed by atoms with Crippen LogP contribution < -0.4 is 10.1 Å². The van der Waals surface area contributed by atoms with Crippen molar-refractivity contribution in [2.45, 2.75) is 0 Å². The number of ether oxygens (including phenoxy) is 1. The molecule has 21 heavy (non-hydrogen) atoms. The third-order valence-electron chi connectivity index (χ3n) is 2.45. The van der Waals surface area contributed by atoms with Gasteiger partial charge in [0.2, 0.25) is 0 Å². The number of nitrogens with zero attached hydrogens (tertiary/aromatic N) is 1. The summed E-state index contributed by atoms with van der Waals surface area (Å²) in [6, 6.07) is 9.83. The minimum atomic E-state index is -1.05. The summed E-state index contributed by atoms with van der Waals surface area (Å²) >= 11 is 3.26. The molecular weight excluding hydrogens is 340 g/mol. The molecule has 1 aromatic heterocycles. The highest BCUT2D eigenvalue weighted by Crippen LogP contribution is 2.18. The fourth-order valence-corrected chi connectivity index (χ4v) is 1.96. The fourth-order valence-electron chi connectivity index (χ4n) is 1.52. The summed E-state index contributed by atoms with van der Waals surface area (Å²) in [6.07, 6.45) is 1.53. The van der Waals surface area contributed by atoms with E-state index in [1.165, 1.54) is 6.20 Å². The van der Waals surface area contributed by atoms with Crippen LogP contribution in [0, 0.1) is 0 Å². The quantitative estimate of drug-likeness (QED) is 0.864. The van der Waals surface area contributed by atoms with Gasteiger partial charge in [-0.15, -0.1) is 0 Å². The second-order valence-electron chi connectivity index (χ2n) is 3.99. The molecule has 108 valence electrons. The van der Waals surface area contributed by atoms with Gasteiger partial charge < -0.3 is 15.2 Å². The summed E-state index contributed by atoms with van der Waals surface area (Å²) in [5, 5.41) is 11.2. The van der Waals surface area contributed by atoms with Crippen LogP contribution in [0.15, 0.2) is 47.1 Å². The Morgan fingerprint density at radius 1 is 1.24 bits per heavy atom. The van der Waals surface area contributed by atoms with Gasteiger partial charge in [0.1, 0.15) is 11.4 Å². The second kappa shape index (κ2) is 6.85. The Morgan fingerprint density at radius 3 is 2.57 bits per heavy atom. The number of carboxylic acids is 1. The van der Waals surface area contributed by atoms with E-state index in [4.69, 9.17) is 9.84 Å². The topological polar surface area (TPSA) is 88.5 Å². The maximum absolute atomic E-state index is 12.0. The zero-order chi connectivity index (χ0) is 15.2. The lowest BCUT2D eigenvalue weighted by Gasteiger charge is -2.07. The van der Waals surface area contributed by atoms with E-state index in [0.717, 1.165) is 0 Å². The third kappa shape index (κ3) is 4.28. The number of benzene rings is 1. The van der Waals surface area contributed by atoms with Gasteiger partial charge in [-0.1, -0.05) is 0 Å². The van der Waals surface area contributed by atoms with E-state index in [-0.39, 0.29) is 11.6 Å². The fraction of sp³-hybridized carbons (Fsp3) is 0.0714. The van der Waals surface area contributed by atoms with Gasteiger partial charge in [0.15, 0.2) is 6.61 Å². The van der Waals surface area contributed by atoms with E-state index in [2.05, 4.69) is 26.2 Å². The van der Waals surface area contributed by atoms with Crippen LogP contribution in [0.25, 0.3) is 0 Å². The third-order valence-corrected chi connectivity index (χ3v) is 3.09. The van der Waals surface area contributed by atoms with Gasteiger partial charge >= 0.3 is 5.97 Å². The summed E-state index contributed by atoms with van der Waals surface area (Å²) in [5.41, 5.74) is 0.837. The van der Waals surface area contributed by atoms with Gasteiger partial charge in [-0.05, 0) is 52.3 Å². The van der Waals surface area contributed by atoms with Crippen molar-refractivity contribution >= 4 is 33.5 Å². The number of aromatic nitrogens is 1. The number of carbonyl (C=O) groups excluding carboxylic acids is 1. The number of rotatable bonds is 5. The smallest absolute Gasteiger partial charge is 0.341 e. The van der Waals surface area contributed by atoms with Gasteiger partial charge in [0.05, 0.1) is 0 Å². The Bertz CT molecular complexity index is 658. The van der Waals surface area contributed by atoms with Crippen molar-refractivity contribution in [1.29, 1.82) is 0 Å². The van der Waals surface area contributed by atoms with Crippen molar-refractivity contribution in [3.63, 3.8) is 0 Å². The van der Waals surface area contributed by atoms with Gasteiger partial charge in [0.25, 0.3) is 5.91 Å². The van der Waals surface area contributed by atoms with Crippen LogP contribution in [-0.4, -0.2) is 28.6 Å². The first-order chi connectivity index (χ1) is 10.1. The maximum atomic E-state index is 12.0. The minimum Gasteiger partial charge on any atom is -0.482 e. The summed E-state index contributed by atoms with van der Waals surface area (Å²) in [4.78, 5) is 26.4. The number of anilines is 1. The first-order valence-electron chi connectivity index (χ1n) is 5.93. The van der Waals surface area contributed by atoms with Gasteiger partial charge in [0, 0.05) is 16.4 Å². The standard InChI is InChI=1S/C14H11BrN2O4/c15-11-2-1-7-16-13(11)14(20)17-9-3-5-10(6-4-9)21-8-12(18)19/h1-7H,8H2,(H,17,20)(H,18,19). The number of pyridine rings is 1. The summed E-state index contributed by atoms with van der Waals surface area (Å²) < 4.78 is 5.60. The largest absolute Gasteiger partial charge is 0.482 e. The first-order valence-corrected chi connectivity index (χ1v) is 6.72. The molecule has 7 heteroatoms. The lowest BCUT2D eigenvalue weighted by atomic mass is 10.3. The van der Waals surface area contributed by atoms with Crippen molar-refractivity contribution in [3.05, 3.63) is 52.8 Å². The van der Waals surface area contributed by atoms with E-state index in [0.29, 0.717) is 15.9 Å². The number of nitrogens with one attached hydrogen (secondary N) is 1. The molecule has 1 amide bonds. The molecule has 0 fully saturated rings. The molecule has 0 saturated carbocycles. The van der Waals surface area contributed by atoms with Crippen LogP contribution in [0.3, 0.4) is 0 Å². The Morgan fingerprint density at radius 2 is 1.95 bits per heavy atom. The minimum absolute atomic E-state index is 0.281. The highest BCUT2D eigenvalue weighted by molar-refractivity contribution is 9.10. The summed E-state index contributed by atoms with van der Waals surface area (Å²) in [7, 11) is 0. The number of halogens is 1. The van der Waals surface area contributed by atoms with Crippen LogP contribution in [0.5, 0.6) is 5.75 Å². The van der Waals surface area contributed by atoms with Gasteiger partial charge in [-0.3, -0.25) is 4.79 Å². The predicted octanol–water partition coefficient (Wildman–Crippen LogP) is 2.56. The highest BCUT2D eigenvalue weighted by Gasteiger charge is 2.11. The monoisotopic (exact) mass is 350 g/mol. The normalized spacial score (nSPS) is 9.95. The molecule has 0 aliphatic carbocycles. The number of carboxylic acid groups (broad SMARTS) is 1. The highest BCUT2D eigenvalue weighted by atomic mass is 79.9. The average Bonchev–Trinajstić information content (AvgIpc) is 2.47. The Labute approximate surface area is 128 Å². The number of hydrogen-bond donors (Lipinski definition) is 2. The first kappa shape index (κ1) is 15.0. The lowest BCUT2D eigenvalue weighted by Crippen LogP contribution is -2.14. The number of hydrogen-bond acceptors (Lipinski definition) is 4. The van der Waals surface area contributed by atoms with Gasteiger partial charge in [-0.2, -0.15) is 0 Å². The molecule has 6 nitrogen and oxygen atoms in total. The predicted molar refractivity (Wildman–Crippen MR) is 79.5 cm³/mol. The number of aliphatic carboxylic acids is 1. The van der Waals surface area contributed by atoms with E-state index in [9.17, 15) is 9.59 Å². The zero-order valence-corrected chi connectivity index (χ0v) is 12.3. The van der Waals surface area contributed by atoms with Crippen LogP contribution in [0.2, 0.25) is 0 Å². The number of amides is 1. The molecule has 1 heterocycles. The SMILES string of the molecule is O=C(O)COc1ccc(NC(=O)c2ncccc2Br)cc1. The molecule has 1 aromatic carbocycles. The Kier molecular flexibility index (Phi) is 4.89. The van der Waals surface area contributed by atoms with E-state index in [1.54, 1.807) is 36.4 Å². The average molecular weight is 351 g/mol. The summed E-state index contributed by atoms with van der Waals surface area (Å²) in [5.74, 6) is -0.983. The second-order valence-corrected chi connectivity index (χ2v) is 4.85. The van der Waals surface area contributed by atoms with Crippen molar-refractivity contribution in [2.75, 3.05) is 11.9 Å². The van der Waals surface area contributed by atoms with Crippen molar-refractivity contribution in [3.8, 4) is 5.75 Å². The van der Waals surface area contributed by atoms with Gasteiger partial charge in [-0.25, -0.2) is 9.78 Å². The van der Waals surface area contributed by atoms with Crippen LogP contribution in [-0.2, 0) is 4.79 Å². The molecule has 0 saturated heterocycles. The molecule has 0 aliphatic heterocycles. The van der Waals surface area contributed by atoms with Crippen LogP contribution in [0.4, 0.5) is 5.69 Å². The number of carbonyl (C=O) groups is 2. The molecule has 2 aromatic rings. The van der Waals surface area contributed by atoms with Crippen molar-refractivity contribution < 1.29 is 19.4 Å². The van der Waals surface area contributed by atoms with E-state index >= 15 is 0 Å². The molecule has 0 spiro atoms. The van der Waals surface area contributed by atoms with Crippen LogP contribution in [0.1, 0.15) is 10.5 Å². The molecule has 0 atom stereocenters. The lowest BCUT2D eigenvalue weighted by molar-refractivity contribution is -0.139. The van der Waals surface area contributed by atoms with Crippen molar-refractivity contribution in [2.24, 2.45) is 0 Å². The molecular formula is C14H11BrN2O4. The molecule has 0 radical (unpaired) electrons. The molecule has 0 unspecified atom stereocenters. The zero-order valence-electron chi connectivity index (χ0n) is 10.7. The summed E-state index contributed by atoms with van der Waals surface area (Å²) in [6.45, 7) is -0.410. The van der Waals surface area contributed by atoms with Crippen molar-refractivity contribution in [1.82, 2.24) is 4.98 Å². The van der Waals surface area contributed by atoms with E-state index < -0.39 is 12.6 Å². The molecule has 2 N–H and O–H groups in total.